The number of aryl methyl sites for hydroxylation is 1. The summed E-state index contributed by atoms with van der Waals surface area (Å²) in [6, 6.07) is 3.14. The quantitative estimate of drug-likeness (QED) is 0.760. The van der Waals surface area contributed by atoms with Crippen LogP contribution >= 0.6 is 15.9 Å². The van der Waals surface area contributed by atoms with Crippen LogP contribution in [0.25, 0.3) is 0 Å². The van der Waals surface area contributed by atoms with Crippen LogP contribution in [0.4, 0.5) is 0 Å². The van der Waals surface area contributed by atoms with Gasteiger partial charge in [0.05, 0.1) is 6.10 Å². The Labute approximate surface area is 91.7 Å². The third kappa shape index (κ3) is 2.08. The Morgan fingerprint density at radius 3 is 2.50 bits per heavy atom. The highest BCUT2D eigenvalue weighted by Gasteiger charge is 2.20. The van der Waals surface area contributed by atoms with Crippen LogP contribution in [0, 0.1) is 6.92 Å². The molecule has 1 aromatic carbocycles. The molecular weight excluding hydrogens is 246 g/mol. The van der Waals surface area contributed by atoms with E-state index in [4.69, 9.17) is 5.73 Å². The van der Waals surface area contributed by atoms with E-state index in [1.54, 1.807) is 26.0 Å². The van der Waals surface area contributed by atoms with Crippen molar-refractivity contribution in [1.29, 1.82) is 0 Å². The molecule has 0 aliphatic heterocycles. The van der Waals surface area contributed by atoms with Gasteiger partial charge in [0.2, 0.25) is 0 Å². The first kappa shape index (κ1) is 11.5. The van der Waals surface area contributed by atoms with E-state index in [9.17, 15) is 10.2 Å². The average Bonchev–Trinajstić information content (AvgIpc) is 2.12. The molecule has 0 amide bonds. The number of aromatic hydroxyl groups is 1. The summed E-state index contributed by atoms with van der Waals surface area (Å²) in [5, 5.41) is 19.5. The molecule has 4 N–H and O–H groups in total. The number of aliphatic hydroxyl groups excluding tert-OH is 1. The smallest absolute Gasteiger partial charge is 0.125 e. The summed E-state index contributed by atoms with van der Waals surface area (Å²) in [6.45, 7) is 3.47. The van der Waals surface area contributed by atoms with Crippen molar-refractivity contribution in [3.05, 3.63) is 27.7 Å². The van der Waals surface area contributed by atoms with E-state index < -0.39 is 12.1 Å². The zero-order valence-corrected chi connectivity index (χ0v) is 9.75. The normalized spacial score (nSPS) is 15.2. The molecule has 0 bridgehead atoms. The maximum Gasteiger partial charge on any atom is 0.125 e. The number of benzene rings is 1. The predicted molar refractivity (Wildman–Crippen MR) is 59.2 cm³/mol. The molecule has 0 spiro atoms. The van der Waals surface area contributed by atoms with Gasteiger partial charge >= 0.3 is 0 Å². The highest BCUT2D eigenvalue weighted by atomic mass is 79.9. The minimum atomic E-state index is -0.857. The van der Waals surface area contributed by atoms with E-state index >= 15 is 0 Å². The monoisotopic (exact) mass is 259 g/mol. The molecule has 3 nitrogen and oxygen atoms in total. The number of aliphatic hydroxyl groups is 1. The van der Waals surface area contributed by atoms with Crippen molar-refractivity contribution in [3.63, 3.8) is 0 Å². The Balaban J connectivity index is 3.25. The van der Waals surface area contributed by atoms with Crippen LogP contribution in [0.2, 0.25) is 0 Å². The maximum absolute atomic E-state index is 9.77. The first-order valence-corrected chi connectivity index (χ1v) is 5.16. The van der Waals surface area contributed by atoms with Crippen LogP contribution in [0.15, 0.2) is 16.6 Å². The van der Waals surface area contributed by atoms with E-state index in [0.29, 0.717) is 10.0 Å². The van der Waals surface area contributed by atoms with Crippen LogP contribution in [0.3, 0.4) is 0 Å². The van der Waals surface area contributed by atoms with Gasteiger partial charge in [-0.15, -0.1) is 0 Å². The molecule has 1 aromatic rings. The van der Waals surface area contributed by atoms with Crippen molar-refractivity contribution in [2.75, 3.05) is 0 Å². The van der Waals surface area contributed by atoms with E-state index in [1.807, 2.05) is 0 Å². The number of hydrogen-bond donors (Lipinski definition) is 3. The summed E-state index contributed by atoms with van der Waals surface area (Å²) in [5.41, 5.74) is 6.76. The summed E-state index contributed by atoms with van der Waals surface area (Å²) in [5.74, 6) is 0.101. The third-order valence-corrected chi connectivity index (χ3v) is 2.85. The van der Waals surface area contributed by atoms with Crippen LogP contribution in [0.1, 0.15) is 24.2 Å². The van der Waals surface area contributed by atoms with Gasteiger partial charge in [-0.05, 0) is 25.5 Å². The van der Waals surface area contributed by atoms with Crippen molar-refractivity contribution in [2.24, 2.45) is 5.73 Å². The molecule has 0 fully saturated rings. The molecule has 14 heavy (non-hydrogen) atoms. The third-order valence-electron chi connectivity index (χ3n) is 2.16. The van der Waals surface area contributed by atoms with Gasteiger partial charge in [-0.1, -0.05) is 22.0 Å². The second-order valence-corrected chi connectivity index (χ2v) is 4.28. The summed E-state index contributed by atoms with van der Waals surface area (Å²) >= 11 is 3.27. The fourth-order valence-electron chi connectivity index (χ4n) is 1.24. The van der Waals surface area contributed by atoms with Crippen molar-refractivity contribution >= 4 is 15.9 Å². The molecule has 2 unspecified atom stereocenters. The van der Waals surface area contributed by atoms with E-state index in [2.05, 4.69) is 15.9 Å². The van der Waals surface area contributed by atoms with Gasteiger partial charge in [-0.2, -0.15) is 0 Å². The molecule has 0 aliphatic rings. The van der Waals surface area contributed by atoms with Crippen LogP contribution in [0.5, 0.6) is 5.75 Å². The molecule has 0 saturated carbocycles. The number of nitrogens with two attached hydrogens (primary N) is 1. The van der Waals surface area contributed by atoms with Gasteiger partial charge in [0, 0.05) is 16.1 Å². The molecular formula is C10H14BrNO2. The minimum Gasteiger partial charge on any atom is -0.507 e. The molecule has 0 aliphatic carbocycles. The van der Waals surface area contributed by atoms with Crippen LogP contribution < -0.4 is 5.73 Å². The van der Waals surface area contributed by atoms with Gasteiger partial charge in [-0.25, -0.2) is 0 Å². The Kier molecular flexibility index (Phi) is 3.53. The largest absolute Gasteiger partial charge is 0.507 e. The molecule has 0 aromatic heterocycles. The van der Waals surface area contributed by atoms with Crippen LogP contribution in [-0.2, 0) is 0 Å². The van der Waals surface area contributed by atoms with Crippen LogP contribution in [-0.4, -0.2) is 16.3 Å². The summed E-state index contributed by atoms with van der Waals surface area (Å²) in [7, 11) is 0. The predicted octanol–water partition coefficient (Wildman–Crippen LogP) is 1.84. The highest BCUT2D eigenvalue weighted by molar-refractivity contribution is 9.10. The Morgan fingerprint density at radius 1 is 1.43 bits per heavy atom. The molecule has 1 rings (SSSR count). The van der Waals surface area contributed by atoms with Crippen molar-refractivity contribution in [2.45, 2.75) is 26.0 Å². The van der Waals surface area contributed by atoms with Crippen molar-refractivity contribution in [3.8, 4) is 5.75 Å². The van der Waals surface area contributed by atoms with E-state index in [1.165, 1.54) is 0 Å². The topological polar surface area (TPSA) is 66.5 Å². The molecule has 4 heteroatoms. The lowest BCUT2D eigenvalue weighted by molar-refractivity contribution is 0.149. The van der Waals surface area contributed by atoms with Crippen molar-refractivity contribution in [1.82, 2.24) is 0 Å². The van der Waals surface area contributed by atoms with Gasteiger partial charge in [0.25, 0.3) is 0 Å². The highest BCUT2D eigenvalue weighted by Crippen LogP contribution is 2.35. The van der Waals surface area contributed by atoms with E-state index in [0.717, 1.165) is 5.56 Å². The minimum absolute atomic E-state index is 0.101. The number of phenolic OH excluding ortho intramolecular Hbond substituents is 1. The van der Waals surface area contributed by atoms with E-state index in [-0.39, 0.29) is 5.75 Å². The molecule has 0 saturated heterocycles. The lowest BCUT2D eigenvalue weighted by Gasteiger charge is -2.18. The lowest BCUT2D eigenvalue weighted by atomic mass is 10.0. The van der Waals surface area contributed by atoms with Gasteiger partial charge in [0.15, 0.2) is 0 Å². The Bertz CT molecular complexity index is 339. The fraction of sp³-hybridized carbons (Fsp3) is 0.400. The number of halogens is 1. The standard InChI is InChI=1S/C10H14BrNO2/c1-5-3-4-7(11)8(9(5)13)10(14)6(2)12/h3-4,6,10,13-14H,12H2,1-2H3. The second kappa shape index (κ2) is 4.29. The zero-order valence-electron chi connectivity index (χ0n) is 8.16. The average molecular weight is 260 g/mol. The fourth-order valence-corrected chi connectivity index (χ4v) is 1.79. The molecule has 2 atom stereocenters. The SMILES string of the molecule is Cc1ccc(Br)c(C(O)C(C)N)c1O. The van der Waals surface area contributed by atoms with Gasteiger partial charge < -0.3 is 15.9 Å². The lowest BCUT2D eigenvalue weighted by Crippen LogP contribution is -2.24. The van der Waals surface area contributed by atoms with Crippen molar-refractivity contribution < 1.29 is 10.2 Å². The number of hydrogen-bond acceptors (Lipinski definition) is 3. The summed E-state index contributed by atoms with van der Waals surface area (Å²) in [6.07, 6.45) is -0.857. The molecule has 0 heterocycles. The number of rotatable bonds is 2. The zero-order chi connectivity index (χ0) is 10.9. The van der Waals surface area contributed by atoms with Gasteiger partial charge in [-0.3, -0.25) is 0 Å². The Morgan fingerprint density at radius 2 is 2.00 bits per heavy atom. The molecule has 78 valence electrons. The summed E-state index contributed by atoms with van der Waals surface area (Å²) in [4.78, 5) is 0. The Hall–Kier alpha value is -0.580. The second-order valence-electron chi connectivity index (χ2n) is 3.43. The summed E-state index contributed by atoms with van der Waals surface area (Å²) < 4.78 is 0.672. The van der Waals surface area contributed by atoms with Gasteiger partial charge in [0.1, 0.15) is 5.75 Å². The molecule has 0 radical (unpaired) electrons. The first-order chi connectivity index (χ1) is 6.45. The first-order valence-electron chi connectivity index (χ1n) is 4.36. The number of phenols is 1. The maximum atomic E-state index is 9.77.